The highest BCUT2D eigenvalue weighted by molar-refractivity contribution is 5.39. The maximum atomic E-state index is 9.09. The van der Waals surface area contributed by atoms with Crippen LogP contribution in [-0.4, -0.2) is 18.8 Å². The van der Waals surface area contributed by atoms with Crippen molar-refractivity contribution in [3.63, 3.8) is 0 Å². The summed E-state index contributed by atoms with van der Waals surface area (Å²) in [6.45, 7) is 0.185. The smallest absolute Gasteiger partial charge is 0.122 e. The summed E-state index contributed by atoms with van der Waals surface area (Å²) in [5.74, 6) is 1.62. The van der Waals surface area contributed by atoms with Gasteiger partial charge in [-0.2, -0.15) is 0 Å². The Morgan fingerprint density at radius 3 is 2.65 bits per heavy atom. The van der Waals surface area contributed by atoms with E-state index in [0.29, 0.717) is 12.3 Å². The molecule has 17 heavy (non-hydrogen) atoms. The first-order chi connectivity index (χ1) is 8.35. The van der Waals surface area contributed by atoms with Gasteiger partial charge in [-0.05, 0) is 42.4 Å². The normalized spacial score (nSPS) is 17.1. The SMILES string of the molecule is COc1ccc(C2CCCCC2)cc1CCO. The third-order valence-corrected chi connectivity index (χ3v) is 3.76. The van der Waals surface area contributed by atoms with Crippen molar-refractivity contribution in [2.75, 3.05) is 13.7 Å². The highest BCUT2D eigenvalue weighted by Gasteiger charge is 2.16. The van der Waals surface area contributed by atoms with E-state index >= 15 is 0 Å². The average Bonchev–Trinajstić information content (AvgIpc) is 2.40. The van der Waals surface area contributed by atoms with E-state index in [0.717, 1.165) is 11.3 Å². The zero-order valence-corrected chi connectivity index (χ0v) is 10.6. The molecule has 2 nitrogen and oxygen atoms in total. The Morgan fingerprint density at radius 2 is 2.00 bits per heavy atom. The first-order valence-corrected chi connectivity index (χ1v) is 6.63. The first kappa shape index (κ1) is 12.4. The standard InChI is InChI=1S/C15H22O2/c1-17-15-8-7-13(11-14(15)9-10-16)12-5-3-2-4-6-12/h7-8,11-12,16H,2-6,9-10H2,1H3. The molecule has 0 aliphatic heterocycles. The van der Waals surface area contributed by atoms with Crippen LogP contribution < -0.4 is 4.74 Å². The number of aliphatic hydroxyl groups excluding tert-OH is 1. The quantitative estimate of drug-likeness (QED) is 0.866. The van der Waals surface area contributed by atoms with Gasteiger partial charge < -0.3 is 9.84 Å². The molecule has 0 atom stereocenters. The Morgan fingerprint density at radius 1 is 1.24 bits per heavy atom. The molecule has 1 aliphatic rings. The van der Waals surface area contributed by atoms with Crippen LogP contribution in [-0.2, 0) is 6.42 Å². The van der Waals surface area contributed by atoms with Crippen LogP contribution >= 0.6 is 0 Å². The Balaban J connectivity index is 2.19. The van der Waals surface area contributed by atoms with Crippen molar-refractivity contribution in [2.45, 2.75) is 44.4 Å². The molecule has 1 aromatic rings. The zero-order chi connectivity index (χ0) is 12.1. The van der Waals surface area contributed by atoms with E-state index in [1.165, 1.54) is 37.7 Å². The number of hydrogen-bond acceptors (Lipinski definition) is 2. The molecule has 0 aromatic heterocycles. The molecule has 2 heteroatoms. The highest BCUT2D eigenvalue weighted by Crippen LogP contribution is 2.34. The molecule has 0 amide bonds. The van der Waals surface area contributed by atoms with Gasteiger partial charge in [-0.3, -0.25) is 0 Å². The van der Waals surface area contributed by atoms with Gasteiger partial charge in [0.2, 0.25) is 0 Å². The van der Waals surface area contributed by atoms with Crippen LogP contribution in [0.15, 0.2) is 18.2 Å². The van der Waals surface area contributed by atoms with E-state index in [1.807, 2.05) is 0 Å². The lowest BCUT2D eigenvalue weighted by Gasteiger charge is -2.23. The Bertz CT molecular complexity index is 354. The molecule has 1 fully saturated rings. The largest absolute Gasteiger partial charge is 0.496 e. The third-order valence-electron chi connectivity index (χ3n) is 3.76. The predicted octanol–water partition coefficient (Wildman–Crippen LogP) is 3.28. The summed E-state index contributed by atoms with van der Waals surface area (Å²) >= 11 is 0. The molecule has 0 unspecified atom stereocenters. The van der Waals surface area contributed by atoms with Crippen molar-refractivity contribution < 1.29 is 9.84 Å². The lowest BCUT2D eigenvalue weighted by atomic mass is 9.83. The van der Waals surface area contributed by atoms with E-state index < -0.39 is 0 Å². The second-order valence-electron chi connectivity index (χ2n) is 4.88. The van der Waals surface area contributed by atoms with Crippen molar-refractivity contribution in [1.82, 2.24) is 0 Å². The monoisotopic (exact) mass is 234 g/mol. The second-order valence-corrected chi connectivity index (χ2v) is 4.88. The van der Waals surface area contributed by atoms with Gasteiger partial charge in [-0.1, -0.05) is 31.4 Å². The summed E-state index contributed by atoms with van der Waals surface area (Å²) in [5.41, 5.74) is 2.56. The third kappa shape index (κ3) is 3.01. The molecule has 0 saturated heterocycles. The highest BCUT2D eigenvalue weighted by atomic mass is 16.5. The van der Waals surface area contributed by atoms with Crippen LogP contribution in [0.25, 0.3) is 0 Å². The van der Waals surface area contributed by atoms with Crippen molar-refractivity contribution in [3.05, 3.63) is 29.3 Å². The molecule has 1 saturated carbocycles. The number of benzene rings is 1. The molecule has 0 heterocycles. The van der Waals surface area contributed by atoms with Gasteiger partial charge in [-0.25, -0.2) is 0 Å². The first-order valence-electron chi connectivity index (χ1n) is 6.63. The van der Waals surface area contributed by atoms with Crippen molar-refractivity contribution in [2.24, 2.45) is 0 Å². The number of methoxy groups -OCH3 is 1. The van der Waals surface area contributed by atoms with Crippen LogP contribution in [0.1, 0.15) is 49.1 Å². The van der Waals surface area contributed by atoms with Crippen LogP contribution in [0.3, 0.4) is 0 Å². The Hall–Kier alpha value is -1.02. The minimum Gasteiger partial charge on any atom is -0.496 e. The van der Waals surface area contributed by atoms with Crippen LogP contribution in [0.4, 0.5) is 0 Å². The number of aliphatic hydroxyl groups is 1. The van der Waals surface area contributed by atoms with Gasteiger partial charge in [0, 0.05) is 6.61 Å². The Labute approximate surface area is 104 Å². The molecular weight excluding hydrogens is 212 g/mol. The van der Waals surface area contributed by atoms with Crippen molar-refractivity contribution >= 4 is 0 Å². The molecule has 2 rings (SSSR count). The lowest BCUT2D eigenvalue weighted by Crippen LogP contribution is -2.06. The van der Waals surface area contributed by atoms with Gasteiger partial charge in [0.05, 0.1) is 7.11 Å². The fraction of sp³-hybridized carbons (Fsp3) is 0.600. The predicted molar refractivity (Wildman–Crippen MR) is 69.6 cm³/mol. The summed E-state index contributed by atoms with van der Waals surface area (Å²) in [4.78, 5) is 0. The summed E-state index contributed by atoms with van der Waals surface area (Å²) in [5, 5.41) is 9.09. The molecule has 1 N–H and O–H groups in total. The fourth-order valence-electron chi connectivity index (χ4n) is 2.80. The Kier molecular flexibility index (Phi) is 4.43. The van der Waals surface area contributed by atoms with Crippen LogP contribution in [0.5, 0.6) is 5.75 Å². The average molecular weight is 234 g/mol. The van der Waals surface area contributed by atoms with Gasteiger partial charge >= 0.3 is 0 Å². The van der Waals surface area contributed by atoms with Crippen LogP contribution in [0.2, 0.25) is 0 Å². The summed E-state index contributed by atoms with van der Waals surface area (Å²) in [6.07, 6.45) is 7.40. The minimum atomic E-state index is 0.185. The van der Waals surface area contributed by atoms with Crippen LogP contribution in [0, 0.1) is 0 Å². The summed E-state index contributed by atoms with van der Waals surface area (Å²) < 4.78 is 5.33. The molecule has 0 spiro atoms. The minimum absolute atomic E-state index is 0.185. The molecule has 0 bridgehead atoms. The summed E-state index contributed by atoms with van der Waals surface area (Å²) in [7, 11) is 1.69. The zero-order valence-electron chi connectivity index (χ0n) is 10.6. The van der Waals surface area contributed by atoms with E-state index in [1.54, 1.807) is 7.11 Å². The van der Waals surface area contributed by atoms with Gasteiger partial charge in [0.1, 0.15) is 5.75 Å². The summed E-state index contributed by atoms with van der Waals surface area (Å²) in [6, 6.07) is 6.47. The number of ether oxygens (including phenoxy) is 1. The van der Waals surface area contributed by atoms with E-state index in [2.05, 4.69) is 18.2 Å². The van der Waals surface area contributed by atoms with Gasteiger partial charge in [0.15, 0.2) is 0 Å². The van der Waals surface area contributed by atoms with E-state index in [4.69, 9.17) is 9.84 Å². The van der Waals surface area contributed by atoms with Gasteiger partial charge in [-0.15, -0.1) is 0 Å². The topological polar surface area (TPSA) is 29.5 Å². The molecule has 1 aromatic carbocycles. The molecular formula is C15H22O2. The van der Waals surface area contributed by atoms with E-state index in [-0.39, 0.29) is 6.61 Å². The maximum Gasteiger partial charge on any atom is 0.122 e. The molecule has 1 aliphatic carbocycles. The fourth-order valence-corrected chi connectivity index (χ4v) is 2.80. The lowest BCUT2D eigenvalue weighted by molar-refractivity contribution is 0.296. The number of hydrogen-bond donors (Lipinski definition) is 1. The van der Waals surface area contributed by atoms with Crippen molar-refractivity contribution in [1.29, 1.82) is 0 Å². The second kappa shape index (κ2) is 6.06. The number of rotatable bonds is 4. The maximum absolute atomic E-state index is 9.09. The van der Waals surface area contributed by atoms with Crippen molar-refractivity contribution in [3.8, 4) is 5.75 Å². The molecule has 0 radical (unpaired) electrons. The van der Waals surface area contributed by atoms with Gasteiger partial charge in [0.25, 0.3) is 0 Å². The van der Waals surface area contributed by atoms with E-state index in [9.17, 15) is 0 Å². The molecule has 94 valence electrons.